The number of hydrogen-bond donors (Lipinski definition) is 2. The van der Waals surface area contributed by atoms with Crippen molar-refractivity contribution >= 4 is 28.9 Å². The smallest absolute Gasteiger partial charge is 0.274 e. The summed E-state index contributed by atoms with van der Waals surface area (Å²) in [6, 6.07) is 28.4. The van der Waals surface area contributed by atoms with Gasteiger partial charge in [-0.2, -0.15) is 0 Å². The van der Waals surface area contributed by atoms with Crippen LogP contribution in [0.4, 0.5) is 5.69 Å². The van der Waals surface area contributed by atoms with Gasteiger partial charge in [-0.25, -0.2) is 14.5 Å². The molecule has 0 bridgehead atoms. The summed E-state index contributed by atoms with van der Waals surface area (Å²) in [4.78, 5) is 36.5. The van der Waals surface area contributed by atoms with Gasteiger partial charge in [-0.05, 0) is 12.1 Å². The number of carbonyl (C=O) groups is 2. The maximum absolute atomic E-state index is 13.9. The molecule has 0 saturated heterocycles. The second kappa shape index (κ2) is 9.62. The summed E-state index contributed by atoms with van der Waals surface area (Å²) in [5, 5.41) is 9.80. The molecule has 38 heavy (non-hydrogen) atoms. The number of anilines is 1. The van der Waals surface area contributed by atoms with Crippen LogP contribution in [0.2, 0.25) is 0 Å². The quantitative estimate of drug-likeness (QED) is 0.376. The van der Waals surface area contributed by atoms with Gasteiger partial charge in [-0.15, -0.1) is 5.10 Å². The number of aliphatic imine (C=N–C) groups is 1. The van der Waals surface area contributed by atoms with Crippen LogP contribution in [0.5, 0.6) is 5.88 Å². The first-order valence-electron chi connectivity index (χ1n) is 13.3. The van der Waals surface area contributed by atoms with Crippen LogP contribution in [-0.2, 0) is 4.79 Å². The Labute approximate surface area is 222 Å². The van der Waals surface area contributed by atoms with Crippen LogP contribution in [0.1, 0.15) is 25.7 Å². The summed E-state index contributed by atoms with van der Waals surface area (Å²) in [5.41, 5.74) is 3.72. The minimum absolute atomic E-state index is 0.0202. The molecule has 2 aromatic heterocycles. The third-order valence-electron chi connectivity index (χ3n) is 6.08. The Morgan fingerprint density at radius 1 is 0.947 bits per heavy atom. The number of benzodiazepines with no additional fused rings is 1. The first kappa shape index (κ1) is 19.8. The van der Waals surface area contributed by atoms with Gasteiger partial charge in [0.1, 0.15) is 5.69 Å². The van der Waals surface area contributed by atoms with Gasteiger partial charge in [0.25, 0.3) is 11.8 Å². The molecule has 2 N–H and O–H groups in total. The maximum Gasteiger partial charge on any atom is 0.274 e. The van der Waals surface area contributed by atoms with Gasteiger partial charge < -0.3 is 15.4 Å². The maximum atomic E-state index is 13.9. The minimum Gasteiger partial charge on any atom is -0.480 e. The second-order valence-corrected chi connectivity index (χ2v) is 8.47. The number of aromatic nitrogens is 3. The van der Waals surface area contributed by atoms with Crippen molar-refractivity contribution in [1.82, 2.24) is 19.9 Å². The molecule has 9 nitrogen and oxygen atoms in total. The highest BCUT2D eigenvalue weighted by molar-refractivity contribution is 6.20. The van der Waals surface area contributed by atoms with Gasteiger partial charge in [0, 0.05) is 22.8 Å². The summed E-state index contributed by atoms with van der Waals surface area (Å²) < 4.78 is 28.4. The highest BCUT2D eigenvalue weighted by atomic mass is 16.5. The number of para-hydroxylation sites is 1. The van der Waals surface area contributed by atoms with Crippen LogP contribution in [-0.4, -0.2) is 45.3 Å². The number of hydrogen-bond acceptors (Lipinski definition) is 6. The lowest BCUT2D eigenvalue weighted by Gasteiger charge is -2.14. The first-order chi connectivity index (χ1) is 19.8. The molecule has 186 valence electrons. The Morgan fingerprint density at radius 3 is 2.42 bits per heavy atom. The molecule has 1 aliphatic rings. The largest absolute Gasteiger partial charge is 0.480 e. The molecule has 0 saturated carbocycles. The van der Waals surface area contributed by atoms with Crippen molar-refractivity contribution in [1.29, 1.82) is 0 Å². The standard InChI is InChI=1S/C29H22N6O3/c1-38-23-17-16-22-31-25(19-12-6-3-7-13-19)26(35(22)34-23)28(36)33-27-29(37)30-21-15-9-8-14-20(21)24(32-27)18-10-4-2-5-11-18/h2-17,27H,1H3,(H,30,37)(H,33,36)/t27-/m1/s1/i1D3. The van der Waals surface area contributed by atoms with E-state index in [4.69, 9.17) is 13.8 Å². The van der Waals surface area contributed by atoms with Crippen molar-refractivity contribution in [3.63, 3.8) is 0 Å². The van der Waals surface area contributed by atoms with E-state index in [2.05, 4.69) is 20.7 Å². The second-order valence-electron chi connectivity index (χ2n) is 8.47. The van der Waals surface area contributed by atoms with E-state index in [1.165, 1.54) is 16.6 Å². The molecule has 6 rings (SSSR count). The number of ether oxygens (including phenoxy) is 1. The fraction of sp³-hybridized carbons (Fsp3) is 0.0690. The summed E-state index contributed by atoms with van der Waals surface area (Å²) in [7, 11) is -2.75. The molecule has 9 heteroatoms. The van der Waals surface area contributed by atoms with E-state index in [1.807, 2.05) is 48.5 Å². The lowest BCUT2D eigenvalue weighted by molar-refractivity contribution is -0.117. The number of nitrogens with one attached hydrogen (secondary N) is 2. The number of imidazole rings is 1. The lowest BCUT2D eigenvalue weighted by Crippen LogP contribution is -2.43. The Morgan fingerprint density at radius 2 is 1.66 bits per heavy atom. The van der Waals surface area contributed by atoms with E-state index in [-0.39, 0.29) is 22.9 Å². The van der Waals surface area contributed by atoms with Gasteiger partial charge in [0.05, 0.1) is 22.5 Å². The molecule has 1 atom stereocenters. The molecule has 0 spiro atoms. The van der Waals surface area contributed by atoms with E-state index in [0.717, 1.165) is 5.56 Å². The van der Waals surface area contributed by atoms with E-state index >= 15 is 0 Å². The SMILES string of the molecule is [2H]C([2H])([2H])Oc1ccc2nc(-c3ccccc3)c(C(=O)N[C@H]3N=C(c4ccccc4)c4ccccc4NC3=O)n2n1. The van der Waals surface area contributed by atoms with Crippen LogP contribution in [0.25, 0.3) is 16.9 Å². The number of nitrogens with zero attached hydrogens (tertiary/aromatic N) is 4. The number of amides is 2. The topological polar surface area (TPSA) is 110 Å². The number of methoxy groups -OCH3 is 1. The van der Waals surface area contributed by atoms with Crippen molar-refractivity contribution in [3.05, 3.63) is 114 Å². The molecule has 0 radical (unpaired) electrons. The third-order valence-corrected chi connectivity index (χ3v) is 6.08. The van der Waals surface area contributed by atoms with Crippen molar-refractivity contribution in [2.45, 2.75) is 6.17 Å². The normalized spacial score (nSPS) is 16.2. The average molecular weight is 506 g/mol. The molecule has 1 aliphatic heterocycles. The Balaban J connectivity index is 1.45. The molecule has 2 amide bonds. The monoisotopic (exact) mass is 505 g/mol. The van der Waals surface area contributed by atoms with Gasteiger partial charge in [0.2, 0.25) is 12.0 Å². The molecule has 0 unspecified atom stereocenters. The van der Waals surface area contributed by atoms with E-state index in [0.29, 0.717) is 22.5 Å². The third kappa shape index (κ3) is 4.16. The predicted molar refractivity (Wildman–Crippen MR) is 143 cm³/mol. The fourth-order valence-electron chi connectivity index (χ4n) is 4.35. The molecule has 3 aromatic carbocycles. The van der Waals surface area contributed by atoms with Crippen LogP contribution >= 0.6 is 0 Å². The number of carbonyl (C=O) groups excluding carboxylic acids is 2. The highest BCUT2D eigenvalue weighted by Gasteiger charge is 2.30. The average Bonchev–Trinajstić information content (AvgIpc) is 3.28. The lowest BCUT2D eigenvalue weighted by atomic mass is 10.0. The van der Waals surface area contributed by atoms with Gasteiger partial charge >= 0.3 is 0 Å². The van der Waals surface area contributed by atoms with Gasteiger partial charge in [-0.1, -0.05) is 78.9 Å². The Hall–Kier alpha value is -5.31. The van der Waals surface area contributed by atoms with E-state index in [1.54, 1.807) is 36.4 Å². The summed E-state index contributed by atoms with van der Waals surface area (Å²) in [6.07, 6.45) is -1.30. The molecule has 0 aliphatic carbocycles. The summed E-state index contributed by atoms with van der Waals surface area (Å²) in [5.74, 6) is -1.46. The predicted octanol–water partition coefficient (Wildman–Crippen LogP) is 3.95. The molecule has 3 heterocycles. The number of fused-ring (bicyclic) bond motifs is 2. The van der Waals surface area contributed by atoms with Crippen molar-refractivity contribution in [2.75, 3.05) is 12.4 Å². The zero-order valence-corrected chi connectivity index (χ0v) is 19.8. The van der Waals surface area contributed by atoms with Crippen LogP contribution in [0, 0.1) is 0 Å². The Kier molecular flexibility index (Phi) is 5.02. The molecular weight excluding hydrogens is 480 g/mol. The van der Waals surface area contributed by atoms with E-state index in [9.17, 15) is 9.59 Å². The van der Waals surface area contributed by atoms with E-state index < -0.39 is 25.0 Å². The van der Waals surface area contributed by atoms with Crippen LogP contribution in [0.15, 0.2) is 102 Å². The molecule has 5 aromatic rings. The first-order valence-corrected chi connectivity index (χ1v) is 11.8. The highest BCUT2D eigenvalue weighted by Crippen LogP contribution is 2.26. The van der Waals surface area contributed by atoms with Crippen LogP contribution in [0.3, 0.4) is 0 Å². The number of benzene rings is 3. The van der Waals surface area contributed by atoms with Crippen LogP contribution < -0.4 is 15.4 Å². The Bertz CT molecular complexity index is 1800. The molecule has 0 fully saturated rings. The van der Waals surface area contributed by atoms with Gasteiger partial charge in [0.15, 0.2) is 11.3 Å². The number of rotatable bonds is 5. The molecular formula is C29H22N6O3. The van der Waals surface area contributed by atoms with Crippen molar-refractivity contribution in [2.24, 2.45) is 4.99 Å². The van der Waals surface area contributed by atoms with Crippen molar-refractivity contribution < 1.29 is 18.4 Å². The summed E-state index contributed by atoms with van der Waals surface area (Å²) in [6.45, 7) is 0. The zero-order chi connectivity index (χ0) is 28.6. The van der Waals surface area contributed by atoms with Gasteiger partial charge in [-0.3, -0.25) is 9.59 Å². The zero-order valence-electron chi connectivity index (χ0n) is 22.8. The summed E-state index contributed by atoms with van der Waals surface area (Å²) >= 11 is 0. The van der Waals surface area contributed by atoms with Crippen molar-refractivity contribution in [3.8, 4) is 17.1 Å². The fourth-order valence-corrected chi connectivity index (χ4v) is 4.35. The minimum atomic E-state index is -2.75.